The van der Waals surface area contributed by atoms with Crippen molar-refractivity contribution in [1.29, 1.82) is 0 Å². The smallest absolute Gasteiger partial charge is 0.269 e. The third kappa shape index (κ3) is 4.71. The predicted octanol–water partition coefficient (Wildman–Crippen LogP) is 2.73. The average Bonchev–Trinajstić information content (AvgIpc) is 2.87. The van der Waals surface area contributed by atoms with Gasteiger partial charge in [0.15, 0.2) is 6.10 Å². The maximum absolute atomic E-state index is 13.2. The summed E-state index contributed by atoms with van der Waals surface area (Å²) in [7, 11) is 1.55. The number of carbonyl (C=O) groups is 3. The first-order valence-corrected chi connectivity index (χ1v) is 11.3. The molecule has 4 rings (SSSR count). The molecule has 0 radical (unpaired) electrons. The van der Waals surface area contributed by atoms with Gasteiger partial charge in [-0.25, -0.2) is 4.98 Å². The summed E-state index contributed by atoms with van der Waals surface area (Å²) >= 11 is 0. The van der Waals surface area contributed by atoms with Crippen molar-refractivity contribution in [3.05, 3.63) is 71.9 Å². The average molecular weight is 461 g/mol. The molecule has 2 heterocycles. The number of aromatic nitrogens is 1. The van der Waals surface area contributed by atoms with Crippen molar-refractivity contribution in [2.45, 2.75) is 26.0 Å². The summed E-state index contributed by atoms with van der Waals surface area (Å²) < 4.78 is 6.05. The Morgan fingerprint density at radius 3 is 2.50 bits per heavy atom. The van der Waals surface area contributed by atoms with Crippen molar-refractivity contribution in [3.63, 3.8) is 0 Å². The Balaban J connectivity index is 1.43. The van der Waals surface area contributed by atoms with Gasteiger partial charge in [0.2, 0.25) is 0 Å². The van der Waals surface area contributed by atoms with E-state index in [9.17, 15) is 14.4 Å². The van der Waals surface area contributed by atoms with E-state index in [1.807, 2.05) is 25.1 Å². The van der Waals surface area contributed by atoms with Crippen LogP contribution in [0, 0.1) is 0 Å². The monoisotopic (exact) mass is 460 g/mol. The van der Waals surface area contributed by atoms with Gasteiger partial charge in [-0.15, -0.1) is 0 Å². The Bertz CT molecular complexity index is 1210. The zero-order valence-electron chi connectivity index (χ0n) is 19.5. The zero-order chi connectivity index (χ0) is 24.2. The Morgan fingerprint density at radius 1 is 1.03 bits per heavy atom. The van der Waals surface area contributed by atoms with E-state index in [1.54, 1.807) is 66.2 Å². The van der Waals surface area contributed by atoms with Gasteiger partial charge in [0.25, 0.3) is 17.7 Å². The first kappa shape index (κ1) is 23.2. The molecule has 1 saturated heterocycles. The number of piperazine rings is 1. The summed E-state index contributed by atoms with van der Waals surface area (Å²) in [6.07, 6.45) is -0.719. The highest BCUT2D eigenvalue weighted by Crippen LogP contribution is 2.26. The Kier molecular flexibility index (Phi) is 6.77. The highest BCUT2D eigenvalue weighted by molar-refractivity contribution is 5.96. The van der Waals surface area contributed by atoms with Gasteiger partial charge in [-0.05, 0) is 50.2 Å². The van der Waals surface area contributed by atoms with Gasteiger partial charge in [0.05, 0.1) is 5.52 Å². The quantitative estimate of drug-likeness (QED) is 0.632. The van der Waals surface area contributed by atoms with E-state index in [4.69, 9.17) is 4.74 Å². The van der Waals surface area contributed by atoms with Gasteiger partial charge in [0.1, 0.15) is 11.4 Å². The van der Waals surface area contributed by atoms with Crippen LogP contribution in [-0.2, 0) is 4.79 Å². The van der Waals surface area contributed by atoms with Crippen LogP contribution in [0.5, 0.6) is 5.75 Å². The van der Waals surface area contributed by atoms with E-state index in [-0.39, 0.29) is 23.8 Å². The molecule has 2 unspecified atom stereocenters. The van der Waals surface area contributed by atoms with Crippen molar-refractivity contribution in [2.24, 2.45) is 0 Å². The molecule has 3 aromatic rings. The molecule has 2 atom stereocenters. The fourth-order valence-electron chi connectivity index (χ4n) is 4.19. The van der Waals surface area contributed by atoms with E-state index < -0.39 is 6.10 Å². The molecule has 176 valence electrons. The zero-order valence-corrected chi connectivity index (χ0v) is 19.5. The first-order chi connectivity index (χ1) is 16.4. The SMILES string of the molecule is CNC(=O)c1ccc2c(OC(C)C(=O)N3CCN(C(=O)c4ccccc4)CC3C)cccc2n1. The molecule has 0 aliphatic carbocycles. The van der Waals surface area contributed by atoms with Crippen molar-refractivity contribution in [1.82, 2.24) is 20.1 Å². The van der Waals surface area contributed by atoms with Crippen LogP contribution in [0.2, 0.25) is 0 Å². The molecular weight excluding hydrogens is 432 g/mol. The predicted molar refractivity (Wildman–Crippen MR) is 129 cm³/mol. The topological polar surface area (TPSA) is 91.8 Å². The normalized spacial score (nSPS) is 16.7. The number of nitrogens with zero attached hydrogens (tertiary/aromatic N) is 3. The molecule has 0 saturated carbocycles. The molecule has 34 heavy (non-hydrogen) atoms. The van der Waals surface area contributed by atoms with Gasteiger partial charge in [0, 0.05) is 43.7 Å². The van der Waals surface area contributed by atoms with Crippen molar-refractivity contribution < 1.29 is 19.1 Å². The molecule has 2 aromatic carbocycles. The second kappa shape index (κ2) is 9.91. The number of benzene rings is 2. The number of pyridine rings is 1. The van der Waals surface area contributed by atoms with E-state index in [2.05, 4.69) is 10.3 Å². The molecule has 1 aliphatic rings. The number of hydrogen-bond donors (Lipinski definition) is 1. The van der Waals surface area contributed by atoms with Crippen LogP contribution in [0.3, 0.4) is 0 Å². The second-order valence-corrected chi connectivity index (χ2v) is 8.36. The first-order valence-electron chi connectivity index (χ1n) is 11.3. The maximum atomic E-state index is 13.2. The molecule has 8 nitrogen and oxygen atoms in total. The highest BCUT2D eigenvalue weighted by Gasteiger charge is 2.33. The third-order valence-electron chi connectivity index (χ3n) is 6.02. The largest absolute Gasteiger partial charge is 0.480 e. The summed E-state index contributed by atoms with van der Waals surface area (Å²) in [5, 5.41) is 3.28. The molecular formula is C26H28N4O4. The third-order valence-corrected chi connectivity index (χ3v) is 6.02. The number of rotatable bonds is 5. The Labute approximate surface area is 198 Å². The Hall–Kier alpha value is -3.94. The minimum atomic E-state index is -0.719. The molecule has 1 aliphatic heterocycles. The molecule has 1 fully saturated rings. The lowest BCUT2D eigenvalue weighted by Gasteiger charge is -2.40. The van der Waals surface area contributed by atoms with Gasteiger partial charge in [-0.1, -0.05) is 24.3 Å². The molecule has 1 aromatic heterocycles. The lowest BCUT2D eigenvalue weighted by molar-refractivity contribution is -0.142. The second-order valence-electron chi connectivity index (χ2n) is 8.36. The van der Waals surface area contributed by atoms with Crippen molar-refractivity contribution in [3.8, 4) is 5.75 Å². The van der Waals surface area contributed by atoms with Crippen LogP contribution in [-0.4, -0.2) is 71.3 Å². The van der Waals surface area contributed by atoms with Gasteiger partial charge in [-0.3, -0.25) is 14.4 Å². The fraction of sp³-hybridized carbons (Fsp3) is 0.308. The number of ether oxygens (including phenoxy) is 1. The highest BCUT2D eigenvalue weighted by atomic mass is 16.5. The molecule has 8 heteroatoms. The van der Waals surface area contributed by atoms with E-state index in [0.717, 1.165) is 5.39 Å². The summed E-state index contributed by atoms with van der Waals surface area (Å²) in [5.41, 5.74) is 1.57. The number of hydrogen-bond acceptors (Lipinski definition) is 5. The molecule has 0 spiro atoms. The van der Waals surface area contributed by atoms with Crippen molar-refractivity contribution in [2.75, 3.05) is 26.7 Å². The summed E-state index contributed by atoms with van der Waals surface area (Å²) in [4.78, 5) is 45.8. The fourth-order valence-corrected chi connectivity index (χ4v) is 4.19. The van der Waals surface area contributed by atoms with E-state index >= 15 is 0 Å². The van der Waals surface area contributed by atoms with Gasteiger partial charge >= 0.3 is 0 Å². The van der Waals surface area contributed by atoms with Crippen LogP contribution >= 0.6 is 0 Å². The lowest BCUT2D eigenvalue weighted by atomic mass is 10.1. The van der Waals surface area contributed by atoms with Gasteiger partial charge in [-0.2, -0.15) is 0 Å². The van der Waals surface area contributed by atoms with Crippen molar-refractivity contribution >= 4 is 28.6 Å². The summed E-state index contributed by atoms with van der Waals surface area (Å²) in [6, 6.07) is 17.8. The maximum Gasteiger partial charge on any atom is 0.269 e. The van der Waals surface area contributed by atoms with E-state index in [1.165, 1.54) is 0 Å². The number of carbonyl (C=O) groups excluding carboxylic acids is 3. The summed E-state index contributed by atoms with van der Waals surface area (Å²) in [6.45, 7) is 5.04. The van der Waals surface area contributed by atoms with Crippen LogP contribution < -0.4 is 10.1 Å². The minimum absolute atomic E-state index is 0.0248. The van der Waals surface area contributed by atoms with Crippen LogP contribution in [0.4, 0.5) is 0 Å². The minimum Gasteiger partial charge on any atom is -0.480 e. The molecule has 0 bridgehead atoms. The Morgan fingerprint density at radius 2 is 1.79 bits per heavy atom. The van der Waals surface area contributed by atoms with Gasteiger partial charge < -0.3 is 19.9 Å². The lowest BCUT2D eigenvalue weighted by Crippen LogP contribution is -2.57. The van der Waals surface area contributed by atoms with E-state index in [0.29, 0.717) is 42.2 Å². The number of fused-ring (bicyclic) bond motifs is 1. The number of amides is 3. The summed E-state index contributed by atoms with van der Waals surface area (Å²) in [5.74, 6) is 0.102. The molecule has 1 N–H and O–H groups in total. The van der Waals surface area contributed by atoms with Crippen LogP contribution in [0.15, 0.2) is 60.7 Å². The molecule has 3 amide bonds. The number of nitrogens with one attached hydrogen (secondary N) is 1. The van der Waals surface area contributed by atoms with Crippen LogP contribution in [0.1, 0.15) is 34.7 Å². The van der Waals surface area contributed by atoms with Crippen LogP contribution in [0.25, 0.3) is 10.9 Å². The standard InChI is InChI=1S/C26H28N4O4/c1-17-16-29(26(33)19-8-5-4-6-9-19)14-15-30(17)25(32)18(2)34-23-11-7-10-21-20(23)12-13-22(28-21)24(31)27-3/h4-13,17-18H,14-16H2,1-3H3,(H,27,31).